The summed E-state index contributed by atoms with van der Waals surface area (Å²) in [4.78, 5) is 9.20. The van der Waals surface area contributed by atoms with Crippen molar-refractivity contribution in [3.05, 3.63) is 40.6 Å². The fraction of sp³-hybridized carbons (Fsp3) is 0.333. The smallest absolute Gasteiger partial charge is 0.214 e. The number of hydrogen-bond acceptors (Lipinski definition) is 4. The van der Waals surface area contributed by atoms with E-state index in [9.17, 15) is 5.11 Å². The van der Waals surface area contributed by atoms with Gasteiger partial charge in [0.05, 0.1) is 18.4 Å². The van der Waals surface area contributed by atoms with Gasteiger partial charge >= 0.3 is 0 Å². The van der Waals surface area contributed by atoms with Gasteiger partial charge in [-0.05, 0) is 44.5 Å². The van der Waals surface area contributed by atoms with E-state index in [1.807, 2.05) is 25.1 Å². The van der Waals surface area contributed by atoms with E-state index >= 15 is 0 Å². The molecule has 0 unspecified atom stereocenters. The molecule has 1 aromatic carbocycles. The fourth-order valence-electron chi connectivity index (χ4n) is 3.01. The summed E-state index contributed by atoms with van der Waals surface area (Å²) in [6, 6.07) is 3.53. The Kier molecular flexibility index (Phi) is 4.37. The standard InChI is InChI=1S/C18H20ClN3O2/c1-10(2)22-13-6-5-7-15(24-4)20-17(13)21-18(22)16-11(3)8-12(19)9-14(16)23/h5,7-10,23H,6H2,1-4H3. The zero-order valence-corrected chi connectivity index (χ0v) is 14.9. The number of aromatic nitrogens is 2. The van der Waals surface area contributed by atoms with E-state index in [1.165, 1.54) is 6.07 Å². The molecular formula is C18H20ClN3O2. The lowest BCUT2D eigenvalue weighted by atomic mass is 10.1. The van der Waals surface area contributed by atoms with Gasteiger partial charge in [-0.25, -0.2) is 4.98 Å². The highest BCUT2D eigenvalue weighted by Gasteiger charge is 2.24. The van der Waals surface area contributed by atoms with Crippen LogP contribution < -0.4 is 0 Å². The Hall–Kier alpha value is -2.27. The molecule has 0 atom stereocenters. The minimum Gasteiger partial charge on any atom is -0.507 e. The third-order valence-electron chi connectivity index (χ3n) is 4.01. The fourth-order valence-corrected chi connectivity index (χ4v) is 3.28. The zero-order valence-electron chi connectivity index (χ0n) is 14.2. The van der Waals surface area contributed by atoms with Crippen molar-refractivity contribution in [1.29, 1.82) is 0 Å². The highest BCUT2D eigenvalue weighted by atomic mass is 35.5. The molecule has 0 fully saturated rings. The number of allylic oxidation sites excluding steroid dienone is 1. The first-order chi connectivity index (χ1) is 11.4. The predicted octanol–water partition coefficient (Wildman–Crippen LogP) is 4.59. The molecule has 24 heavy (non-hydrogen) atoms. The molecule has 6 heteroatoms. The number of aliphatic imine (C=N–C) groups is 1. The first-order valence-electron chi connectivity index (χ1n) is 7.82. The van der Waals surface area contributed by atoms with Crippen LogP contribution in [0.15, 0.2) is 29.3 Å². The van der Waals surface area contributed by atoms with Crippen molar-refractivity contribution < 1.29 is 9.84 Å². The third kappa shape index (κ3) is 2.80. The average molecular weight is 346 g/mol. The number of hydrogen-bond donors (Lipinski definition) is 1. The Morgan fingerprint density at radius 2 is 2.08 bits per heavy atom. The van der Waals surface area contributed by atoms with Crippen molar-refractivity contribution in [2.45, 2.75) is 33.2 Å². The highest BCUT2D eigenvalue weighted by molar-refractivity contribution is 6.31. The minimum absolute atomic E-state index is 0.119. The number of phenolic OH excluding ortho intramolecular Hbond substituents is 1. The van der Waals surface area contributed by atoms with Crippen LogP contribution in [0.5, 0.6) is 5.75 Å². The maximum absolute atomic E-state index is 10.4. The quantitative estimate of drug-likeness (QED) is 0.866. The highest BCUT2D eigenvalue weighted by Crippen LogP contribution is 2.39. The maximum Gasteiger partial charge on any atom is 0.214 e. The van der Waals surface area contributed by atoms with Crippen LogP contribution in [-0.4, -0.2) is 27.7 Å². The van der Waals surface area contributed by atoms with Gasteiger partial charge in [0, 0.05) is 17.5 Å². The van der Waals surface area contributed by atoms with Crippen LogP contribution in [0, 0.1) is 6.92 Å². The van der Waals surface area contributed by atoms with Crippen LogP contribution >= 0.6 is 11.6 Å². The van der Waals surface area contributed by atoms with Crippen LogP contribution in [0.4, 0.5) is 5.82 Å². The number of aromatic hydroxyl groups is 1. The molecule has 126 valence electrons. The lowest BCUT2D eigenvalue weighted by Crippen LogP contribution is -2.08. The Balaban J connectivity index is 2.28. The Morgan fingerprint density at radius 1 is 1.33 bits per heavy atom. The van der Waals surface area contributed by atoms with Gasteiger partial charge in [-0.2, -0.15) is 4.99 Å². The van der Waals surface area contributed by atoms with E-state index in [2.05, 4.69) is 23.4 Å². The van der Waals surface area contributed by atoms with Crippen LogP contribution in [0.25, 0.3) is 11.4 Å². The van der Waals surface area contributed by atoms with Crippen molar-refractivity contribution in [2.75, 3.05) is 7.11 Å². The second-order valence-electron chi connectivity index (χ2n) is 6.05. The monoisotopic (exact) mass is 345 g/mol. The van der Waals surface area contributed by atoms with Crippen molar-refractivity contribution in [1.82, 2.24) is 9.55 Å². The summed E-state index contributed by atoms with van der Waals surface area (Å²) >= 11 is 6.04. The molecule has 1 aliphatic rings. The molecule has 2 aromatic rings. The van der Waals surface area contributed by atoms with E-state index < -0.39 is 0 Å². The number of benzene rings is 1. The average Bonchev–Trinajstić information content (AvgIpc) is 2.71. The number of fused-ring (bicyclic) bond motifs is 1. The van der Waals surface area contributed by atoms with Crippen LogP contribution in [0.3, 0.4) is 0 Å². The van der Waals surface area contributed by atoms with Crippen LogP contribution in [0.1, 0.15) is 31.1 Å². The van der Waals surface area contributed by atoms with E-state index in [0.717, 1.165) is 11.3 Å². The molecule has 0 spiro atoms. The van der Waals surface area contributed by atoms with Gasteiger partial charge in [0.25, 0.3) is 0 Å². The van der Waals surface area contributed by atoms with Gasteiger partial charge in [0.1, 0.15) is 11.6 Å². The van der Waals surface area contributed by atoms with Gasteiger partial charge in [-0.3, -0.25) is 0 Å². The van der Waals surface area contributed by atoms with E-state index in [-0.39, 0.29) is 11.8 Å². The van der Waals surface area contributed by atoms with E-state index in [4.69, 9.17) is 21.3 Å². The molecule has 1 aliphatic heterocycles. The molecular weight excluding hydrogens is 326 g/mol. The summed E-state index contributed by atoms with van der Waals surface area (Å²) < 4.78 is 7.36. The van der Waals surface area contributed by atoms with Crippen LogP contribution in [-0.2, 0) is 11.2 Å². The number of imidazole rings is 1. The Morgan fingerprint density at radius 3 is 2.71 bits per heavy atom. The molecule has 1 aromatic heterocycles. The lowest BCUT2D eigenvalue weighted by Gasteiger charge is -2.17. The van der Waals surface area contributed by atoms with Gasteiger partial charge in [-0.15, -0.1) is 0 Å². The minimum atomic E-state index is 0.119. The Bertz CT molecular complexity index is 827. The van der Waals surface area contributed by atoms with Gasteiger partial charge in [0.15, 0.2) is 5.82 Å². The van der Waals surface area contributed by atoms with Crippen molar-refractivity contribution in [3.8, 4) is 17.1 Å². The second kappa shape index (κ2) is 6.32. The number of phenols is 1. The number of methoxy groups -OCH3 is 1. The summed E-state index contributed by atoms with van der Waals surface area (Å²) in [6.45, 7) is 6.09. The molecule has 0 aliphatic carbocycles. The number of nitrogens with zero attached hydrogens (tertiary/aromatic N) is 3. The van der Waals surface area contributed by atoms with Crippen molar-refractivity contribution in [2.24, 2.45) is 4.99 Å². The van der Waals surface area contributed by atoms with E-state index in [1.54, 1.807) is 7.11 Å². The van der Waals surface area contributed by atoms with Crippen molar-refractivity contribution >= 4 is 23.3 Å². The Labute approximate surface area is 146 Å². The normalized spacial score (nSPS) is 13.7. The first-order valence-corrected chi connectivity index (χ1v) is 8.20. The van der Waals surface area contributed by atoms with Crippen molar-refractivity contribution in [3.63, 3.8) is 0 Å². The number of aryl methyl sites for hydroxylation is 1. The third-order valence-corrected chi connectivity index (χ3v) is 4.22. The molecule has 1 N–H and O–H groups in total. The number of rotatable bonds is 2. The molecule has 5 nitrogen and oxygen atoms in total. The zero-order chi connectivity index (χ0) is 17.4. The summed E-state index contributed by atoms with van der Waals surface area (Å²) in [5.41, 5.74) is 2.55. The maximum atomic E-state index is 10.4. The van der Waals surface area contributed by atoms with E-state index in [0.29, 0.717) is 34.5 Å². The number of halogens is 1. The predicted molar refractivity (Wildman–Crippen MR) is 96.4 cm³/mol. The number of ether oxygens (including phenoxy) is 1. The van der Waals surface area contributed by atoms with Gasteiger partial charge < -0.3 is 14.4 Å². The molecule has 3 rings (SSSR count). The molecule has 0 bridgehead atoms. The largest absolute Gasteiger partial charge is 0.507 e. The van der Waals surface area contributed by atoms with Gasteiger partial charge in [-0.1, -0.05) is 17.7 Å². The first kappa shape index (κ1) is 16.6. The summed E-state index contributed by atoms with van der Waals surface area (Å²) in [5, 5.41) is 10.9. The summed E-state index contributed by atoms with van der Waals surface area (Å²) in [5.74, 6) is 1.95. The molecule has 0 saturated carbocycles. The molecule has 2 heterocycles. The molecule has 0 saturated heterocycles. The second-order valence-corrected chi connectivity index (χ2v) is 6.48. The summed E-state index contributed by atoms with van der Waals surface area (Å²) in [6.07, 6.45) is 4.55. The SMILES string of the molecule is COC1=Nc2nc(-c3c(C)cc(Cl)cc3O)n(C(C)C)c2CC=C1. The lowest BCUT2D eigenvalue weighted by molar-refractivity contribution is 0.407. The molecule has 0 radical (unpaired) electrons. The van der Waals surface area contributed by atoms with Crippen LogP contribution in [0.2, 0.25) is 5.02 Å². The topological polar surface area (TPSA) is 59.6 Å². The van der Waals surface area contributed by atoms with Gasteiger partial charge in [0.2, 0.25) is 5.90 Å². The molecule has 0 amide bonds. The summed E-state index contributed by atoms with van der Waals surface area (Å²) in [7, 11) is 1.59.